The number of carboxylic acids is 1. The van der Waals surface area contributed by atoms with Gasteiger partial charge in [-0.3, -0.25) is 0 Å². The molecule has 0 amide bonds. The Morgan fingerprint density at radius 2 is 1.95 bits per heavy atom. The molecule has 19 heavy (non-hydrogen) atoms. The van der Waals surface area contributed by atoms with Crippen molar-refractivity contribution in [3.63, 3.8) is 0 Å². The summed E-state index contributed by atoms with van der Waals surface area (Å²) in [4.78, 5) is 14.7. The van der Waals surface area contributed by atoms with Crippen molar-refractivity contribution in [1.29, 1.82) is 0 Å². The molecule has 0 bridgehead atoms. The van der Waals surface area contributed by atoms with Gasteiger partial charge in [0.15, 0.2) is 0 Å². The molecule has 0 aliphatic heterocycles. The van der Waals surface area contributed by atoms with Gasteiger partial charge in [0.05, 0.1) is 18.1 Å². The van der Waals surface area contributed by atoms with Crippen LogP contribution < -0.4 is 118 Å². The first-order valence-corrected chi connectivity index (χ1v) is 5.21. The van der Waals surface area contributed by atoms with E-state index >= 15 is 0 Å². The van der Waals surface area contributed by atoms with E-state index in [0.717, 1.165) is 11.1 Å². The molecule has 7 heteroatoms. The SMILES string of the molecule is Cc1cc(NC(C)(C)C(=O)[O-])ccc1CO[O-].[K+].[K+]. The van der Waals surface area contributed by atoms with Crippen LogP contribution in [0, 0.1) is 6.92 Å². The van der Waals surface area contributed by atoms with Crippen molar-refractivity contribution in [3.8, 4) is 0 Å². The molecule has 0 saturated heterocycles. The molecule has 1 aromatic rings. The summed E-state index contributed by atoms with van der Waals surface area (Å²) in [5, 5.41) is 23.7. The molecule has 0 aliphatic rings. The minimum atomic E-state index is -1.18. The third kappa shape index (κ3) is 7.48. The Morgan fingerprint density at radius 1 is 1.37 bits per heavy atom. The Hall–Kier alpha value is 1.68. The summed E-state index contributed by atoms with van der Waals surface area (Å²) in [7, 11) is 0. The van der Waals surface area contributed by atoms with Gasteiger partial charge in [0, 0.05) is 5.69 Å². The molecular formula is C12H15K2NO4. The third-order valence-corrected chi connectivity index (χ3v) is 2.52. The normalized spacial score (nSPS) is 10.1. The van der Waals surface area contributed by atoms with E-state index in [0.29, 0.717) is 5.69 Å². The summed E-state index contributed by atoms with van der Waals surface area (Å²) in [6.45, 7) is 4.86. The van der Waals surface area contributed by atoms with Crippen molar-refractivity contribution in [2.24, 2.45) is 0 Å². The standard InChI is InChI=1S/C12H17NO4.2K/c1-8-6-10(5-4-9(8)7-17-16)13-12(2,3)11(14)15;;/h4-6,13,16H,7H2,1-3H3,(H,14,15);;/q;2*+1/p-2. The third-order valence-electron chi connectivity index (χ3n) is 2.52. The molecule has 0 radical (unpaired) electrons. The number of nitrogens with one attached hydrogen (secondary N) is 1. The summed E-state index contributed by atoms with van der Waals surface area (Å²) in [5.41, 5.74) is 1.14. The van der Waals surface area contributed by atoms with E-state index in [-0.39, 0.29) is 109 Å². The quantitative estimate of drug-likeness (QED) is 0.332. The summed E-state index contributed by atoms with van der Waals surface area (Å²) >= 11 is 0. The van der Waals surface area contributed by atoms with Crippen LogP contribution >= 0.6 is 0 Å². The number of hydrogen-bond acceptors (Lipinski definition) is 5. The molecular weight excluding hydrogens is 300 g/mol. The van der Waals surface area contributed by atoms with Gasteiger partial charge in [-0.25, -0.2) is 0 Å². The molecule has 0 atom stereocenters. The maximum absolute atomic E-state index is 10.8. The van der Waals surface area contributed by atoms with Crippen LogP contribution in [0.3, 0.4) is 0 Å². The first-order chi connectivity index (χ1) is 7.86. The van der Waals surface area contributed by atoms with Crippen molar-refractivity contribution in [2.75, 3.05) is 5.32 Å². The molecule has 94 valence electrons. The number of anilines is 1. The Labute approximate surface area is 198 Å². The summed E-state index contributed by atoms with van der Waals surface area (Å²) in [6.07, 6.45) is 0. The van der Waals surface area contributed by atoms with Crippen molar-refractivity contribution in [1.82, 2.24) is 0 Å². The van der Waals surface area contributed by atoms with Gasteiger partial charge in [0.25, 0.3) is 0 Å². The fraction of sp³-hybridized carbons (Fsp3) is 0.417. The van der Waals surface area contributed by atoms with Crippen LogP contribution in [0.2, 0.25) is 0 Å². The predicted molar refractivity (Wildman–Crippen MR) is 58.7 cm³/mol. The van der Waals surface area contributed by atoms with E-state index in [2.05, 4.69) is 10.2 Å². The number of carboxylic acid groups (broad SMARTS) is 1. The Balaban J connectivity index is 0. The molecule has 0 heterocycles. The molecule has 1 N–H and O–H groups in total. The zero-order valence-electron chi connectivity index (χ0n) is 12.1. The van der Waals surface area contributed by atoms with Gasteiger partial charge in [-0.05, 0) is 44.0 Å². The number of carbonyl (C=O) groups excluding carboxylic acids is 1. The van der Waals surface area contributed by atoms with Gasteiger partial charge in [-0.15, -0.1) is 0 Å². The molecule has 5 nitrogen and oxygen atoms in total. The molecule has 1 rings (SSSR count). The van der Waals surface area contributed by atoms with E-state index in [9.17, 15) is 15.2 Å². The van der Waals surface area contributed by atoms with E-state index < -0.39 is 11.5 Å². The van der Waals surface area contributed by atoms with Crippen LogP contribution in [0.4, 0.5) is 5.69 Å². The van der Waals surface area contributed by atoms with Crippen LogP contribution in [0.5, 0.6) is 0 Å². The Morgan fingerprint density at radius 3 is 2.37 bits per heavy atom. The molecule has 0 aromatic heterocycles. The topological polar surface area (TPSA) is 84.5 Å². The van der Waals surface area contributed by atoms with Crippen LogP contribution in [0.15, 0.2) is 18.2 Å². The maximum Gasteiger partial charge on any atom is 1.00 e. The zero-order chi connectivity index (χ0) is 13.1. The summed E-state index contributed by atoms with van der Waals surface area (Å²) in [6, 6.07) is 5.19. The van der Waals surface area contributed by atoms with E-state index in [1.807, 2.05) is 6.92 Å². The molecule has 0 fully saturated rings. The first-order valence-electron chi connectivity index (χ1n) is 5.21. The molecule has 0 aliphatic carbocycles. The molecule has 0 spiro atoms. The van der Waals surface area contributed by atoms with Gasteiger partial charge in [-0.2, -0.15) is 0 Å². The van der Waals surface area contributed by atoms with Crippen molar-refractivity contribution in [3.05, 3.63) is 29.3 Å². The fourth-order valence-electron chi connectivity index (χ4n) is 1.41. The number of carbonyl (C=O) groups is 1. The van der Waals surface area contributed by atoms with Gasteiger partial charge in [0.2, 0.25) is 0 Å². The van der Waals surface area contributed by atoms with Crippen molar-refractivity contribution < 1.29 is 123 Å². The minimum Gasteiger partial charge on any atom is -0.723 e. The largest absolute Gasteiger partial charge is 1.00 e. The van der Waals surface area contributed by atoms with Crippen LogP contribution in [-0.2, 0) is 16.3 Å². The number of hydrogen-bond donors (Lipinski definition) is 1. The predicted octanol–water partition coefficient (Wildman–Crippen LogP) is -6.26. The van der Waals surface area contributed by atoms with Gasteiger partial charge in [0.1, 0.15) is 0 Å². The van der Waals surface area contributed by atoms with Crippen molar-refractivity contribution in [2.45, 2.75) is 32.9 Å². The summed E-state index contributed by atoms with van der Waals surface area (Å²) < 4.78 is 0. The average molecular weight is 315 g/mol. The smallest absolute Gasteiger partial charge is 0.723 e. The molecule has 0 saturated carbocycles. The monoisotopic (exact) mass is 315 g/mol. The Bertz CT molecular complexity index is 424. The minimum absolute atomic E-state index is 0. The second-order valence-corrected chi connectivity index (χ2v) is 4.44. The number of aryl methyl sites for hydroxylation is 1. The fourth-order valence-corrected chi connectivity index (χ4v) is 1.41. The van der Waals surface area contributed by atoms with E-state index in [4.69, 9.17) is 0 Å². The van der Waals surface area contributed by atoms with Gasteiger partial charge >= 0.3 is 103 Å². The second-order valence-electron chi connectivity index (χ2n) is 4.44. The second kappa shape index (κ2) is 10.4. The number of rotatable bonds is 5. The first kappa shape index (κ1) is 23.0. The summed E-state index contributed by atoms with van der Waals surface area (Å²) in [5.74, 6) is -1.18. The van der Waals surface area contributed by atoms with E-state index in [1.54, 1.807) is 18.2 Å². The number of benzene rings is 1. The van der Waals surface area contributed by atoms with Gasteiger partial charge in [-0.1, -0.05) is 6.07 Å². The average Bonchev–Trinajstić information content (AvgIpc) is 2.21. The maximum atomic E-state index is 10.8. The molecule has 1 aromatic carbocycles. The van der Waals surface area contributed by atoms with E-state index in [1.165, 1.54) is 13.8 Å². The van der Waals surface area contributed by atoms with Crippen LogP contribution in [-0.4, -0.2) is 11.5 Å². The van der Waals surface area contributed by atoms with Gasteiger partial charge < -0.3 is 25.4 Å². The van der Waals surface area contributed by atoms with Crippen LogP contribution in [0.25, 0.3) is 0 Å². The zero-order valence-corrected chi connectivity index (χ0v) is 18.3. The Kier molecular flexibility index (Phi) is 12.6. The van der Waals surface area contributed by atoms with Crippen LogP contribution in [0.1, 0.15) is 25.0 Å². The molecule has 0 unspecified atom stereocenters. The van der Waals surface area contributed by atoms with Crippen molar-refractivity contribution >= 4 is 11.7 Å². The number of aliphatic carboxylic acids is 1.